The second-order valence-corrected chi connectivity index (χ2v) is 6.88. The number of nitrogens with zero attached hydrogens (tertiary/aromatic N) is 2. The molecule has 1 amide bonds. The monoisotopic (exact) mass is 330 g/mol. The van der Waals surface area contributed by atoms with Crippen LogP contribution in [0, 0.1) is 0 Å². The minimum absolute atomic E-state index is 0.409. The van der Waals surface area contributed by atoms with Crippen LogP contribution in [0.25, 0.3) is 0 Å². The summed E-state index contributed by atoms with van der Waals surface area (Å²) in [5.74, 6) is 0.504. The fourth-order valence-corrected chi connectivity index (χ4v) is 3.08. The van der Waals surface area contributed by atoms with Crippen LogP contribution in [0.1, 0.15) is 50.6 Å². The fourth-order valence-electron chi connectivity index (χ4n) is 3.08. The van der Waals surface area contributed by atoms with E-state index in [2.05, 4.69) is 10.2 Å². The number of aromatic nitrogens is 2. The number of nitrogens with one attached hydrogen (secondary N) is 1. The topological polar surface area (TPSA) is 95.2 Å². The number of H-pyrrole nitrogens is 1. The molecule has 6 nitrogen and oxygen atoms in total. The van der Waals surface area contributed by atoms with Crippen LogP contribution >= 0.6 is 0 Å². The van der Waals surface area contributed by atoms with Crippen LogP contribution in [0.2, 0.25) is 0 Å². The second-order valence-electron chi connectivity index (χ2n) is 6.88. The molecule has 4 N–H and O–H groups in total. The molecule has 0 spiro atoms. The fraction of sp³-hybridized carbons (Fsp3) is 0.444. The third kappa shape index (κ3) is 3.69. The first-order valence-corrected chi connectivity index (χ1v) is 8.14. The summed E-state index contributed by atoms with van der Waals surface area (Å²) >= 11 is 0. The highest BCUT2D eigenvalue weighted by atomic mass is 16.4. The van der Waals surface area contributed by atoms with Gasteiger partial charge in [0.25, 0.3) is 0 Å². The molecule has 0 aliphatic carbocycles. The highest BCUT2D eigenvalue weighted by Gasteiger charge is 2.36. The molecule has 6 heteroatoms. The first-order valence-electron chi connectivity index (χ1n) is 8.14. The van der Waals surface area contributed by atoms with Gasteiger partial charge in [-0.25, -0.2) is 4.79 Å². The predicted octanol–water partition coefficient (Wildman–Crippen LogP) is 3.62. The van der Waals surface area contributed by atoms with E-state index in [1.165, 1.54) is 4.90 Å². The van der Waals surface area contributed by atoms with E-state index in [4.69, 9.17) is 5.73 Å². The Kier molecular flexibility index (Phi) is 5.17. The highest BCUT2D eigenvalue weighted by molar-refractivity contribution is 5.67. The number of carbonyl (C=O) groups is 1. The minimum atomic E-state index is -0.966. The van der Waals surface area contributed by atoms with Crippen LogP contribution in [0.3, 0.4) is 0 Å². The molecule has 1 aromatic carbocycles. The molecule has 2 aromatic rings. The van der Waals surface area contributed by atoms with E-state index in [0.29, 0.717) is 24.4 Å². The zero-order valence-electron chi connectivity index (χ0n) is 14.7. The van der Waals surface area contributed by atoms with Crippen LogP contribution in [0.4, 0.5) is 10.6 Å². The van der Waals surface area contributed by atoms with Gasteiger partial charge in [-0.05, 0) is 39.2 Å². The molecule has 0 bridgehead atoms. The number of aromatic amines is 1. The van der Waals surface area contributed by atoms with E-state index in [0.717, 1.165) is 11.1 Å². The van der Waals surface area contributed by atoms with Gasteiger partial charge in [0, 0.05) is 11.1 Å². The van der Waals surface area contributed by atoms with E-state index in [1.54, 1.807) is 0 Å². The van der Waals surface area contributed by atoms with Gasteiger partial charge in [-0.2, -0.15) is 5.10 Å². The summed E-state index contributed by atoms with van der Waals surface area (Å²) in [6.45, 7) is 7.66. The van der Waals surface area contributed by atoms with E-state index in [1.807, 2.05) is 58.0 Å². The van der Waals surface area contributed by atoms with E-state index < -0.39 is 17.7 Å². The van der Waals surface area contributed by atoms with E-state index in [-0.39, 0.29) is 0 Å². The Hall–Kier alpha value is -2.50. The zero-order valence-corrected chi connectivity index (χ0v) is 14.7. The Bertz CT molecular complexity index is 689. The second kappa shape index (κ2) is 6.95. The number of hydrogen-bond donors (Lipinski definition) is 3. The number of benzene rings is 1. The zero-order chi connectivity index (χ0) is 17.9. The van der Waals surface area contributed by atoms with Crippen molar-refractivity contribution in [2.45, 2.75) is 52.1 Å². The first-order chi connectivity index (χ1) is 11.3. The van der Waals surface area contributed by atoms with Gasteiger partial charge in [0.15, 0.2) is 0 Å². The van der Waals surface area contributed by atoms with E-state index >= 15 is 0 Å². The number of anilines is 1. The van der Waals surface area contributed by atoms with Gasteiger partial charge in [0.05, 0.1) is 11.7 Å². The van der Waals surface area contributed by atoms with Crippen LogP contribution < -0.4 is 5.73 Å². The van der Waals surface area contributed by atoms with Crippen LogP contribution in [-0.4, -0.2) is 31.8 Å². The Balaban J connectivity index is 2.54. The molecule has 1 aromatic heterocycles. The van der Waals surface area contributed by atoms with Crippen LogP contribution in [-0.2, 0) is 12.8 Å². The van der Waals surface area contributed by atoms with Gasteiger partial charge >= 0.3 is 6.09 Å². The molecule has 2 rings (SSSR count). The Morgan fingerprint density at radius 1 is 1.33 bits per heavy atom. The standard InChI is InChI=1S/C18H26N4O2/c1-5-13-15(20-21-16(13)19)14(11-12-9-7-6-8-10-12)22(17(23)24)18(2,3)4/h6-10,14H,5,11H2,1-4H3,(H,23,24)(H3,19,20,21). The van der Waals surface area contributed by atoms with Crippen molar-refractivity contribution in [3.8, 4) is 0 Å². The Morgan fingerprint density at radius 2 is 1.96 bits per heavy atom. The smallest absolute Gasteiger partial charge is 0.408 e. The van der Waals surface area contributed by atoms with Crippen molar-refractivity contribution < 1.29 is 9.90 Å². The maximum atomic E-state index is 12.0. The van der Waals surface area contributed by atoms with Crippen molar-refractivity contribution in [3.63, 3.8) is 0 Å². The maximum absolute atomic E-state index is 12.0. The molecule has 130 valence electrons. The van der Waals surface area contributed by atoms with Crippen LogP contribution in [0.15, 0.2) is 30.3 Å². The predicted molar refractivity (Wildman–Crippen MR) is 94.9 cm³/mol. The molecule has 0 saturated heterocycles. The molecule has 1 unspecified atom stereocenters. The van der Waals surface area contributed by atoms with E-state index in [9.17, 15) is 9.90 Å². The van der Waals surface area contributed by atoms with Gasteiger partial charge in [-0.15, -0.1) is 0 Å². The summed E-state index contributed by atoms with van der Waals surface area (Å²) in [5, 5.41) is 17.0. The molecule has 0 saturated carbocycles. The van der Waals surface area contributed by atoms with Gasteiger partial charge in [0.1, 0.15) is 5.82 Å². The van der Waals surface area contributed by atoms with Gasteiger partial charge in [-0.3, -0.25) is 10.00 Å². The van der Waals surface area contributed by atoms with Gasteiger partial charge in [0.2, 0.25) is 0 Å². The quantitative estimate of drug-likeness (QED) is 0.780. The number of nitrogen functional groups attached to an aromatic ring is 1. The molecular weight excluding hydrogens is 304 g/mol. The molecule has 0 aliphatic heterocycles. The van der Waals surface area contributed by atoms with Crippen molar-refractivity contribution in [1.82, 2.24) is 15.1 Å². The molecule has 0 aliphatic rings. The summed E-state index contributed by atoms with van der Waals surface area (Å²) in [6, 6.07) is 9.44. The molecule has 0 radical (unpaired) electrons. The number of rotatable bonds is 5. The maximum Gasteiger partial charge on any atom is 0.408 e. The SMILES string of the molecule is CCc1c(C(Cc2ccccc2)N(C(=O)O)C(C)(C)C)n[nH]c1N. The summed E-state index contributed by atoms with van der Waals surface area (Å²) in [6.07, 6.45) is 0.273. The molecule has 1 heterocycles. The third-order valence-corrected chi connectivity index (χ3v) is 4.11. The third-order valence-electron chi connectivity index (χ3n) is 4.11. The highest BCUT2D eigenvalue weighted by Crippen LogP contribution is 2.34. The lowest BCUT2D eigenvalue weighted by Crippen LogP contribution is -2.48. The van der Waals surface area contributed by atoms with Crippen molar-refractivity contribution in [3.05, 3.63) is 47.2 Å². The Morgan fingerprint density at radius 3 is 2.46 bits per heavy atom. The number of amides is 1. The largest absolute Gasteiger partial charge is 0.465 e. The molecule has 0 fully saturated rings. The van der Waals surface area contributed by atoms with Gasteiger partial charge < -0.3 is 10.8 Å². The summed E-state index contributed by atoms with van der Waals surface area (Å²) in [4.78, 5) is 13.5. The lowest BCUT2D eigenvalue weighted by Gasteiger charge is -2.39. The van der Waals surface area contributed by atoms with Gasteiger partial charge in [-0.1, -0.05) is 37.3 Å². The lowest BCUT2D eigenvalue weighted by molar-refractivity contribution is 0.0680. The first kappa shape index (κ1) is 17.8. The average molecular weight is 330 g/mol. The lowest BCUT2D eigenvalue weighted by atomic mass is 9.94. The molecular formula is C18H26N4O2. The minimum Gasteiger partial charge on any atom is -0.465 e. The summed E-state index contributed by atoms with van der Waals surface area (Å²) in [7, 11) is 0. The van der Waals surface area contributed by atoms with Crippen molar-refractivity contribution in [2.24, 2.45) is 0 Å². The normalized spacial score (nSPS) is 12.8. The Labute approximate surface area is 142 Å². The van der Waals surface area contributed by atoms with Crippen molar-refractivity contribution >= 4 is 11.9 Å². The summed E-state index contributed by atoms with van der Waals surface area (Å²) in [5.41, 5.74) is 8.06. The summed E-state index contributed by atoms with van der Waals surface area (Å²) < 4.78 is 0. The molecule has 1 atom stereocenters. The van der Waals surface area contributed by atoms with Crippen LogP contribution in [0.5, 0.6) is 0 Å². The number of hydrogen-bond acceptors (Lipinski definition) is 3. The average Bonchev–Trinajstić information content (AvgIpc) is 2.86. The number of carboxylic acid groups (broad SMARTS) is 1. The van der Waals surface area contributed by atoms with Crippen molar-refractivity contribution in [1.29, 1.82) is 0 Å². The number of nitrogens with two attached hydrogens (primary N) is 1. The molecule has 24 heavy (non-hydrogen) atoms. The van der Waals surface area contributed by atoms with Crippen molar-refractivity contribution in [2.75, 3.05) is 5.73 Å².